The number of carboxylic acids is 1. The van der Waals surface area contributed by atoms with Crippen molar-refractivity contribution in [2.24, 2.45) is 5.92 Å². The average Bonchev–Trinajstić information content (AvgIpc) is 3.14. The van der Waals surface area contributed by atoms with E-state index in [0.29, 0.717) is 30.6 Å². The number of aliphatic hydroxyl groups excluding tert-OH is 1. The fraction of sp³-hybridized carbons (Fsp3) is 0.895. The van der Waals surface area contributed by atoms with Gasteiger partial charge < -0.3 is 20.4 Å². The number of hydrogen-bond donors (Lipinski definition) is 3. The zero-order valence-electron chi connectivity index (χ0n) is 15.4. The van der Waals surface area contributed by atoms with E-state index in [4.69, 9.17) is 5.11 Å². The van der Waals surface area contributed by atoms with Crippen LogP contribution < -0.4 is 5.32 Å². The van der Waals surface area contributed by atoms with Gasteiger partial charge in [-0.3, -0.25) is 4.79 Å². The number of fused-ring (bicyclic) bond motifs is 1. The van der Waals surface area contributed by atoms with Gasteiger partial charge in [-0.05, 0) is 50.2 Å². The molecule has 0 aromatic carbocycles. The average molecular weight is 385 g/mol. The molecule has 1 heterocycles. The standard InChI is InChI=1S/C19H32N2O4S/c22-17(13-5-2-1-3-6-13)8-9-21-16-12-14(11-15(16)20-19(21)25)26-10-4-7-18(23)24/h13-17,22H,1-12H2,(H,20,25)(H,23,24)/t14-,15+,16-,17?/m0/s1. The molecule has 0 aromatic rings. The highest BCUT2D eigenvalue weighted by Gasteiger charge is 2.46. The van der Waals surface area contributed by atoms with Gasteiger partial charge in [0, 0.05) is 18.2 Å². The number of aliphatic carboxylic acids is 1. The van der Waals surface area contributed by atoms with Crippen LogP contribution in [0.2, 0.25) is 0 Å². The Morgan fingerprint density at radius 3 is 2.77 bits per heavy atom. The highest BCUT2D eigenvalue weighted by molar-refractivity contribution is 7.99. The van der Waals surface area contributed by atoms with Crippen LogP contribution in [0.25, 0.3) is 0 Å². The van der Waals surface area contributed by atoms with E-state index in [2.05, 4.69) is 5.32 Å². The van der Waals surface area contributed by atoms with Gasteiger partial charge in [-0.25, -0.2) is 4.79 Å². The zero-order valence-corrected chi connectivity index (χ0v) is 16.3. The van der Waals surface area contributed by atoms with Gasteiger partial charge in [0.2, 0.25) is 0 Å². The van der Waals surface area contributed by atoms with Crippen LogP contribution in [0.5, 0.6) is 0 Å². The molecule has 2 saturated carbocycles. The van der Waals surface area contributed by atoms with Crippen molar-refractivity contribution in [2.45, 2.75) is 87.6 Å². The number of carbonyl (C=O) groups is 2. The minimum Gasteiger partial charge on any atom is -0.481 e. The van der Waals surface area contributed by atoms with Crippen LogP contribution in [0.4, 0.5) is 4.79 Å². The van der Waals surface area contributed by atoms with Crippen molar-refractivity contribution < 1.29 is 19.8 Å². The first-order valence-electron chi connectivity index (χ1n) is 10.1. The Hall–Kier alpha value is -0.950. The minimum atomic E-state index is -0.733. The number of nitrogens with zero attached hydrogens (tertiary/aromatic N) is 1. The molecule has 3 aliphatic rings. The van der Waals surface area contributed by atoms with Gasteiger partial charge in [-0.15, -0.1) is 0 Å². The van der Waals surface area contributed by atoms with Crippen molar-refractivity contribution in [1.82, 2.24) is 10.2 Å². The molecular weight excluding hydrogens is 352 g/mol. The lowest BCUT2D eigenvalue weighted by Gasteiger charge is -2.29. The quantitative estimate of drug-likeness (QED) is 0.532. The summed E-state index contributed by atoms with van der Waals surface area (Å²) in [5.41, 5.74) is 0. The van der Waals surface area contributed by atoms with Crippen molar-refractivity contribution >= 4 is 23.8 Å². The molecule has 1 saturated heterocycles. The number of nitrogens with one attached hydrogen (secondary N) is 1. The third-order valence-corrected chi connectivity index (χ3v) is 7.58. The normalized spacial score (nSPS) is 30.3. The number of thioether (sulfide) groups is 1. The summed E-state index contributed by atoms with van der Waals surface area (Å²) in [6.07, 6.45) is 9.23. The monoisotopic (exact) mass is 384 g/mol. The second-order valence-electron chi connectivity index (χ2n) is 8.03. The Kier molecular flexibility index (Phi) is 7.09. The molecule has 3 fully saturated rings. The summed E-state index contributed by atoms with van der Waals surface area (Å²) in [4.78, 5) is 24.8. The van der Waals surface area contributed by atoms with Crippen molar-refractivity contribution in [1.29, 1.82) is 0 Å². The highest BCUT2D eigenvalue weighted by Crippen LogP contribution is 2.37. The number of aliphatic hydroxyl groups is 1. The fourth-order valence-corrected chi connectivity index (χ4v) is 6.09. The van der Waals surface area contributed by atoms with E-state index >= 15 is 0 Å². The Morgan fingerprint density at radius 2 is 2.04 bits per heavy atom. The molecule has 0 spiro atoms. The maximum Gasteiger partial charge on any atom is 0.318 e. The minimum absolute atomic E-state index is 0.0187. The number of carbonyl (C=O) groups excluding carboxylic acids is 1. The van der Waals surface area contributed by atoms with Crippen molar-refractivity contribution in [3.05, 3.63) is 0 Å². The van der Waals surface area contributed by atoms with Gasteiger partial charge in [0.05, 0.1) is 18.2 Å². The molecule has 2 amide bonds. The summed E-state index contributed by atoms with van der Waals surface area (Å²) < 4.78 is 0. The second kappa shape index (κ2) is 9.31. The Labute approximate surface area is 160 Å². The highest BCUT2D eigenvalue weighted by atomic mass is 32.2. The molecule has 1 aliphatic heterocycles. The maximum absolute atomic E-state index is 12.3. The summed E-state index contributed by atoms with van der Waals surface area (Å²) >= 11 is 1.84. The van der Waals surface area contributed by atoms with Crippen molar-refractivity contribution in [2.75, 3.05) is 12.3 Å². The predicted octanol–water partition coefficient (Wildman–Crippen LogP) is 2.84. The number of rotatable bonds is 9. The predicted molar refractivity (Wildman–Crippen MR) is 102 cm³/mol. The molecule has 3 N–H and O–H groups in total. The van der Waals surface area contributed by atoms with E-state index in [1.54, 1.807) is 0 Å². The summed E-state index contributed by atoms with van der Waals surface area (Å²) in [7, 11) is 0. The first-order chi connectivity index (χ1) is 12.5. The molecule has 1 unspecified atom stereocenters. The Bertz CT molecular complexity index is 498. The van der Waals surface area contributed by atoms with Gasteiger partial charge in [0.1, 0.15) is 0 Å². The second-order valence-corrected chi connectivity index (χ2v) is 9.44. The van der Waals surface area contributed by atoms with Gasteiger partial charge in [0.15, 0.2) is 0 Å². The third-order valence-electron chi connectivity index (χ3n) is 6.20. The van der Waals surface area contributed by atoms with Gasteiger partial charge in [0.25, 0.3) is 0 Å². The molecule has 2 aliphatic carbocycles. The molecule has 148 valence electrons. The first kappa shape index (κ1) is 19.8. The van der Waals surface area contributed by atoms with E-state index in [0.717, 1.165) is 31.4 Å². The van der Waals surface area contributed by atoms with Crippen LogP contribution in [-0.4, -0.2) is 62.8 Å². The van der Waals surface area contributed by atoms with Gasteiger partial charge in [-0.1, -0.05) is 19.3 Å². The van der Waals surface area contributed by atoms with Gasteiger partial charge in [-0.2, -0.15) is 11.8 Å². The van der Waals surface area contributed by atoms with Gasteiger partial charge >= 0.3 is 12.0 Å². The number of hydrogen-bond acceptors (Lipinski definition) is 4. The fourth-order valence-electron chi connectivity index (χ4n) is 4.76. The summed E-state index contributed by atoms with van der Waals surface area (Å²) in [5, 5.41) is 22.8. The molecule has 0 aromatic heterocycles. The molecule has 3 rings (SSSR count). The Morgan fingerprint density at radius 1 is 1.27 bits per heavy atom. The van der Waals surface area contributed by atoms with Crippen LogP contribution in [0, 0.1) is 5.92 Å². The topological polar surface area (TPSA) is 89.9 Å². The lowest BCUT2D eigenvalue weighted by Crippen LogP contribution is -2.38. The van der Waals surface area contributed by atoms with E-state index in [1.165, 1.54) is 19.3 Å². The molecule has 0 radical (unpaired) electrons. The van der Waals surface area contributed by atoms with E-state index in [9.17, 15) is 14.7 Å². The van der Waals surface area contributed by atoms with Crippen molar-refractivity contribution in [3.8, 4) is 0 Å². The molecule has 0 bridgehead atoms. The van der Waals surface area contributed by atoms with E-state index in [1.807, 2.05) is 16.7 Å². The molecular formula is C19H32N2O4S. The molecule has 6 nitrogen and oxygen atoms in total. The van der Waals surface area contributed by atoms with Crippen LogP contribution in [0.15, 0.2) is 0 Å². The van der Waals surface area contributed by atoms with E-state index < -0.39 is 5.97 Å². The summed E-state index contributed by atoms with van der Waals surface area (Å²) in [6.45, 7) is 0.640. The largest absolute Gasteiger partial charge is 0.481 e. The maximum atomic E-state index is 12.3. The number of urea groups is 1. The summed E-state index contributed by atoms with van der Waals surface area (Å²) in [6, 6.07) is 0.467. The smallest absolute Gasteiger partial charge is 0.318 e. The van der Waals surface area contributed by atoms with Crippen LogP contribution in [0.3, 0.4) is 0 Å². The molecule has 4 atom stereocenters. The lowest BCUT2D eigenvalue weighted by atomic mass is 9.84. The van der Waals surface area contributed by atoms with E-state index in [-0.39, 0.29) is 30.6 Å². The molecule has 26 heavy (non-hydrogen) atoms. The number of amides is 2. The zero-order chi connectivity index (χ0) is 18.5. The SMILES string of the molecule is O=C(O)CCCS[C@H]1C[C@H]2NC(=O)N(CCC(O)C3CCCCC3)[C@H]2C1. The number of carboxylic acid groups (broad SMARTS) is 1. The lowest BCUT2D eigenvalue weighted by molar-refractivity contribution is -0.137. The Balaban J connectivity index is 1.42. The van der Waals surface area contributed by atoms with Crippen LogP contribution in [0.1, 0.15) is 64.2 Å². The molecule has 7 heteroatoms. The van der Waals surface area contributed by atoms with Crippen LogP contribution >= 0.6 is 11.8 Å². The third kappa shape index (κ3) is 5.06. The first-order valence-corrected chi connectivity index (χ1v) is 11.2. The van der Waals surface area contributed by atoms with Crippen LogP contribution in [-0.2, 0) is 4.79 Å². The van der Waals surface area contributed by atoms with Crippen molar-refractivity contribution in [3.63, 3.8) is 0 Å². The summed E-state index contributed by atoms with van der Waals surface area (Å²) in [5.74, 6) is 0.542.